The van der Waals surface area contributed by atoms with E-state index in [4.69, 9.17) is 11.5 Å². The zero-order valence-corrected chi connectivity index (χ0v) is 6.57. The third-order valence-corrected chi connectivity index (χ3v) is 1.30. The largest absolute Gasteiger partial charge is 0.381 e. The SMILES string of the molecule is CC(C)c1nc(N)nnc1N. The maximum absolute atomic E-state index is 5.50. The second kappa shape index (κ2) is 2.69. The van der Waals surface area contributed by atoms with Crippen LogP contribution in [-0.4, -0.2) is 15.2 Å². The minimum atomic E-state index is 0.169. The molecule has 11 heavy (non-hydrogen) atoms. The lowest BCUT2D eigenvalue weighted by molar-refractivity contribution is 0.799. The summed E-state index contributed by atoms with van der Waals surface area (Å²) in [6, 6.07) is 0. The van der Waals surface area contributed by atoms with Crippen LogP contribution < -0.4 is 11.5 Å². The van der Waals surface area contributed by atoms with Gasteiger partial charge in [-0.2, -0.15) is 0 Å². The van der Waals surface area contributed by atoms with Crippen LogP contribution in [0.3, 0.4) is 0 Å². The van der Waals surface area contributed by atoms with Crippen molar-refractivity contribution in [3.63, 3.8) is 0 Å². The van der Waals surface area contributed by atoms with Crippen LogP contribution in [0.2, 0.25) is 0 Å². The Labute approximate surface area is 64.8 Å². The fraction of sp³-hybridized carbons (Fsp3) is 0.500. The molecule has 5 nitrogen and oxygen atoms in total. The Kier molecular flexibility index (Phi) is 1.89. The maximum Gasteiger partial charge on any atom is 0.240 e. The molecule has 0 aromatic carbocycles. The molecular formula is C6H11N5. The van der Waals surface area contributed by atoms with E-state index in [1.807, 2.05) is 13.8 Å². The first kappa shape index (κ1) is 7.71. The number of hydrogen-bond acceptors (Lipinski definition) is 5. The maximum atomic E-state index is 5.50. The van der Waals surface area contributed by atoms with Gasteiger partial charge in [-0.1, -0.05) is 13.8 Å². The van der Waals surface area contributed by atoms with Crippen molar-refractivity contribution in [1.82, 2.24) is 15.2 Å². The van der Waals surface area contributed by atoms with E-state index in [1.54, 1.807) is 0 Å². The molecule has 5 heteroatoms. The monoisotopic (exact) mass is 153 g/mol. The number of nitrogens with zero attached hydrogens (tertiary/aromatic N) is 3. The Morgan fingerprint density at radius 1 is 1.18 bits per heavy atom. The highest BCUT2D eigenvalue weighted by atomic mass is 15.2. The van der Waals surface area contributed by atoms with Gasteiger partial charge in [-0.25, -0.2) is 4.98 Å². The lowest BCUT2D eigenvalue weighted by Crippen LogP contribution is -2.07. The summed E-state index contributed by atoms with van der Waals surface area (Å²) in [6.45, 7) is 3.94. The molecule has 4 N–H and O–H groups in total. The lowest BCUT2D eigenvalue weighted by atomic mass is 10.1. The number of nitrogen functional groups attached to an aromatic ring is 2. The predicted molar refractivity (Wildman–Crippen MR) is 42.7 cm³/mol. The molecule has 60 valence electrons. The Balaban J connectivity index is 3.13. The number of hydrogen-bond donors (Lipinski definition) is 2. The highest BCUT2D eigenvalue weighted by Gasteiger charge is 2.07. The summed E-state index contributed by atoms with van der Waals surface area (Å²) in [5.41, 5.74) is 11.5. The summed E-state index contributed by atoms with van der Waals surface area (Å²) in [4.78, 5) is 3.95. The molecule has 0 spiro atoms. The summed E-state index contributed by atoms with van der Waals surface area (Å²) in [5.74, 6) is 0.755. The van der Waals surface area contributed by atoms with Crippen LogP contribution in [-0.2, 0) is 0 Å². The normalized spacial score (nSPS) is 10.5. The third kappa shape index (κ3) is 1.54. The van der Waals surface area contributed by atoms with E-state index < -0.39 is 0 Å². The van der Waals surface area contributed by atoms with Crippen molar-refractivity contribution < 1.29 is 0 Å². The van der Waals surface area contributed by atoms with Gasteiger partial charge in [0.15, 0.2) is 5.82 Å². The average molecular weight is 153 g/mol. The minimum Gasteiger partial charge on any atom is -0.381 e. The second-order valence-corrected chi connectivity index (χ2v) is 2.60. The summed E-state index contributed by atoms with van der Waals surface area (Å²) < 4.78 is 0. The Morgan fingerprint density at radius 3 is 2.27 bits per heavy atom. The fourth-order valence-electron chi connectivity index (χ4n) is 0.784. The standard InChI is InChI=1S/C6H11N5/c1-3(2)4-5(7)10-11-6(8)9-4/h3H,1-2H3,(H2,7,10)(H2,8,9,11). The lowest BCUT2D eigenvalue weighted by Gasteiger charge is -2.05. The Bertz CT molecular complexity index is 257. The average Bonchev–Trinajstić information content (AvgIpc) is 1.94. The van der Waals surface area contributed by atoms with Gasteiger partial charge in [0.25, 0.3) is 0 Å². The second-order valence-electron chi connectivity index (χ2n) is 2.60. The van der Waals surface area contributed by atoms with E-state index in [2.05, 4.69) is 15.2 Å². The number of anilines is 2. The molecule has 1 rings (SSSR count). The van der Waals surface area contributed by atoms with Crippen LogP contribution >= 0.6 is 0 Å². The Morgan fingerprint density at radius 2 is 1.82 bits per heavy atom. The molecular weight excluding hydrogens is 142 g/mol. The fourth-order valence-corrected chi connectivity index (χ4v) is 0.784. The van der Waals surface area contributed by atoms with Gasteiger partial charge in [-0.3, -0.25) is 0 Å². The van der Waals surface area contributed by atoms with Crippen molar-refractivity contribution >= 4 is 11.8 Å². The topological polar surface area (TPSA) is 90.7 Å². The molecule has 0 radical (unpaired) electrons. The van der Waals surface area contributed by atoms with Crippen molar-refractivity contribution in [2.45, 2.75) is 19.8 Å². The van der Waals surface area contributed by atoms with Gasteiger partial charge in [-0.15, -0.1) is 10.2 Å². The molecule has 1 aromatic heterocycles. The van der Waals surface area contributed by atoms with E-state index in [0.29, 0.717) is 11.5 Å². The summed E-state index contributed by atoms with van der Waals surface area (Å²) in [6.07, 6.45) is 0. The molecule has 0 saturated carbocycles. The van der Waals surface area contributed by atoms with Crippen molar-refractivity contribution in [2.75, 3.05) is 11.5 Å². The van der Waals surface area contributed by atoms with Gasteiger partial charge in [0.05, 0.1) is 5.69 Å². The third-order valence-electron chi connectivity index (χ3n) is 1.30. The number of aromatic nitrogens is 3. The molecule has 1 heterocycles. The van der Waals surface area contributed by atoms with Gasteiger partial charge in [0.1, 0.15) is 0 Å². The molecule has 0 saturated heterocycles. The van der Waals surface area contributed by atoms with Gasteiger partial charge in [-0.05, 0) is 5.92 Å². The summed E-state index contributed by atoms with van der Waals surface area (Å²) in [7, 11) is 0. The van der Waals surface area contributed by atoms with Crippen LogP contribution in [0.25, 0.3) is 0 Å². The highest BCUT2D eigenvalue weighted by molar-refractivity contribution is 5.37. The predicted octanol–water partition coefficient (Wildman–Crippen LogP) is 0.159. The van der Waals surface area contributed by atoms with E-state index >= 15 is 0 Å². The summed E-state index contributed by atoms with van der Waals surface area (Å²) >= 11 is 0. The molecule has 0 aliphatic carbocycles. The van der Waals surface area contributed by atoms with Crippen LogP contribution in [0, 0.1) is 0 Å². The van der Waals surface area contributed by atoms with Crippen molar-refractivity contribution in [3.05, 3.63) is 5.69 Å². The van der Waals surface area contributed by atoms with Crippen LogP contribution in [0.5, 0.6) is 0 Å². The quantitative estimate of drug-likeness (QED) is 0.599. The highest BCUT2D eigenvalue weighted by Crippen LogP contribution is 2.15. The van der Waals surface area contributed by atoms with Crippen molar-refractivity contribution in [1.29, 1.82) is 0 Å². The van der Waals surface area contributed by atoms with Gasteiger partial charge < -0.3 is 11.5 Å². The smallest absolute Gasteiger partial charge is 0.240 e. The van der Waals surface area contributed by atoms with Crippen LogP contribution in [0.4, 0.5) is 11.8 Å². The van der Waals surface area contributed by atoms with Crippen molar-refractivity contribution in [3.8, 4) is 0 Å². The first-order valence-electron chi connectivity index (χ1n) is 3.37. The number of rotatable bonds is 1. The molecule has 0 atom stereocenters. The molecule has 1 aromatic rings. The van der Waals surface area contributed by atoms with Crippen LogP contribution in [0.1, 0.15) is 25.5 Å². The van der Waals surface area contributed by atoms with E-state index in [0.717, 1.165) is 0 Å². The molecule has 0 fully saturated rings. The zero-order valence-electron chi connectivity index (χ0n) is 6.57. The van der Waals surface area contributed by atoms with Gasteiger partial charge >= 0.3 is 0 Å². The van der Waals surface area contributed by atoms with Gasteiger partial charge in [0.2, 0.25) is 5.95 Å². The van der Waals surface area contributed by atoms with E-state index in [9.17, 15) is 0 Å². The van der Waals surface area contributed by atoms with Crippen LogP contribution in [0.15, 0.2) is 0 Å². The molecule has 0 unspecified atom stereocenters. The number of nitrogens with two attached hydrogens (primary N) is 2. The molecule has 0 bridgehead atoms. The van der Waals surface area contributed by atoms with Crippen molar-refractivity contribution in [2.24, 2.45) is 0 Å². The zero-order chi connectivity index (χ0) is 8.43. The molecule has 0 aliphatic heterocycles. The van der Waals surface area contributed by atoms with Gasteiger partial charge in [0, 0.05) is 0 Å². The first-order valence-corrected chi connectivity index (χ1v) is 3.37. The first-order chi connectivity index (χ1) is 5.11. The molecule has 0 amide bonds. The van der Waals surface area contributed by atoms with E-state index in [1.165, 1.54) is 0 Å². The summed E-state index contributed by atoms with van der Waals surface area (Å²) in [5, 5.41) is 7.15. The Hall–Kier alpha value is -1.39. The minimum absolute atomic E-state index is 0.169. The van der Waals surface area contributed by atoms with E-state index in [-0.39, 0.29) is 11.9 Å². The molecule has 0 aliphatic rings.